The molecule has 0 aliphatic carbocycles. The highest BCUT2D eigenvalue weighted by Crippen LogP contribution is 2.22. The summed E-state index contributed by atoms with van der Waals surface area (Å²) in [5.74, 6) is -0.834. The molecule has 1 aromatic carbocycles. The summed E-state index contributed by atoms with van der Waals surface area (Å²) in [5, 5.41) is 3.27. The van der Waals surface area contributed by atoms with Gasteiger partial charge in [0.2, 0.25) is 0 Å². The summed E-state index contributed by atoms with van der Waals surface area (Å²) in [5.41, 5.74) is 0.468. The van der Waals surface area contributed by atoms with Crippen molar-refractivity contribution in [1.82, 2.24) is 9.88 Å². The molecule has 0 bridgehead atoms. The number of rotatable bonds is 5. The maximum absolute atomic E-state index is 13.6. The van der Waals surface area contributed by atoms with E-state index in [2.05, 4.69) is 10.3 Å². The second-order valence-electron chi connectivity index (χ2n) is 6.28. The zero-order valence-corrected chi connectivity index (χ0v) is 15.0. The first-order valence-corrected chi connectivity index (χ1v) is 9.05. The van der Waals surface area contributed by atoms with Crippen molar-refractivity contribution < 1.29 is 13.6 Å². The molecule has 1 fully saturated rings. The minimum atomic E-state index is -0.576. The van der Waals surface area contributed by atoms with Crippen LogP contribution in [0.1, 0.15) is 35.2 Å². The second kappa shape index (κ2) is 8.45. The van der Waals surface area contributed by atoms with Crippen LogP contribution in [0.2, 0.25) is 5.02 Å². The first-order chi connectivity index (χ1) is 12.6. The van der Waals surface area contributed by atoms with Crippen LogP contribution in [0.4, 0.5) is 14.6 Å². The molecule has 2 heterocycles. The smallest absolute Gasteiger partial charge is 0.255 e. The monoisotopic (exact) mass is 379 g/mol. The van der Waals surface area contributed by atoms with Gasteiger partial charge in [-0.1, -0.05) is 17.7 Å². The van der Waals surface area contributed by atoms with Crippen LogP contribution in [0.15, 0.2) is 30.5 Å². The minimum Gasteiger partial charge on any atom is -0.369 e. The molecule has 0 radical (unpaired) electrons. The fraction of sp³-hybridized carbons (Fsp3) is 0.368. The lowest BCUT2D eigenvalue weighted by atomic mass is 10.1. The van der Waals surface area contributed by atoms with Gasteiger partial charge in [-0.05, 0) is 43.9 Å². The average molecular weight is 380 g/mol. The van der Waals surface area contributed by atoms with Crippen molar-refractivity contribution in [2.24, 2.45) is 0 Å². The molecule has 1 aliphatic heterocycles. The van der Waals surface area contributed by atoms with E-state index in [0.717, 1.165) is 32.4 Å². The normalized spacial score (nSPS) is 14.3. The van der Waals surface area contributed by atoms with Gasteiger partial charge in [0.1, 0.15) is 17.5 Å². The molecule has 26 heavy (non-hydrogen) atoms. The van der Waals surface area contributed by atoms with Gasteiger partial charge in [-0.15, -0.1) is 0 Å². The summed E-state index contributed by atoms with van der Waals surface area (Å²) < 4.78 is 27.2. The van der Waals surface area contributed by atoms with Crippen LogP contribution in [0, 0.1) is 11.6 Å². The van der Waals surface area contributed by atoms with E-state index in [1.54, 1.807) is 6.07 Å². The van der Waals surface area contributed by atoms with Crippen molar-refractivity contribution in [3.05, 3.63) is 58.2 Å². The molecular weight excluding hydrogens is 360 g/mol. The number of hydrogen-bond donors (Lipinski definition) is 1. The molecule has 1 amide bonds. The molecule has 1 saturated heterocycles. The number of piperidine rings is 1. The van der Waals surface area contributed by atoms with Crippen LogP contribution in [-0.2, 0) is 6.42 Å². The molecule has 4 nitrogen and oxygen atoms in total. The Kier molecular flexibility index (Phi) is 6.04. The molecular formula is C19H20ClF2N3O. The predicted octanol–water partition coefficient (Wildman–Crippen LogP) is 4.29. The van der Waals surface area contributed by atoms with Crippen molar-refractivity contribution in [2.75, 3.05) is 25.0 Å². The van der Waals surface area contributed by atoms with E-state index in [0.29, 0.717) is 16.4 Å². The van der Waals surface area contributed by atoms with Crippen molar-refractivity contribution >= 4 is 23.3 Å². The number of anilines is 1. The van der Waals surface area contributed by atoms with Gasteiger partial charge in [-0.2, -0.15) is 0 Å². The topological polar surface area (TPSA) is 45.2 Å². The van der Waals surface area contributed by atoms with Gasteiger partial charge >= 0.3 is 0 Å². The molecule has 1 N–H and O–H groups in total. The summed E-state index contributed by atoms with van der Waals surface area (Å²) in [4.78, 5) is 18.5. The maximum atomic E-state index is 13.6. The van der Waals surface area contributed by atoms with E-state index in [9.17, 15) is 13.6 Å². The lowest BCUT2D eigenvalue weighted by Gasteiger charge is -2.26. The first kappa shape index (κ1) is 18.6. The number of nitrogens with one attached hydrogen (secondary N) is 1. The molecule has 138 valence electrons. The second-order valence-corrected chi connectivity index (χ2v) is 6.69. The van der Waals surface area contributed by atoms with Crippen LogP contribution >= 0.6 is 11.6 Å². The molecule has 3 rings (SSSR count). The molecule has 0 atom stereocenters. The summed E-state index contributed by atoms with van der Waals surface area (Å²) in [7, 11) is 0. The van der Waals surface area contributed by atoms with Gasteiger partial charge in [0.05, 0.1) is 10.6 Å². The zero-order valence-electron chi connectivity index (χ0n) is 14.3. The van der Waals surface area contributed by atoms with Crippen molar-refractivity contribution in [1.29, 1.82) is 0 Å². The molecule has 0 spiro atoms. The summed E-state index contributed by atoms with van der Waals surface area (Å²) in [6.07, 6.45) is 4.81. The maximum Gasteiger partial charge on any atom is 0.255 e. The lowest BCUT2D eigenvalue weighted by Crippen LogP contribution is -2.35. The van der Waals surface area contributed by atoms with Crippen LogP contribution < -0.4 is 5.32 Å². The van der Waals surface area contributed by atoms with Crippen LogP contribution in [0.25, 0.3) is 0 Å². The Morgan fingerprint density at radius 1 is 1.19 bits per heavy atom. The molecule has 0 unspecified atom stereocenters. The largest absolute Gasteiger partial charge is 0.369 e. The zero-order chi connectivity index (χ0) is 18.5. The fourth-order valence-electron chi connectivity index (χ4n) is 3.04. The number of benzene rings is 1. The number of carbonyl (C=O) groups excluding carboxylic acids is 1. The van der Waals surface area contributed by atoms with Crippen LogP contribution in [0.5, 0.6) is 0 Å². The number of pyridine rings is 1. The average Bonchev–Trinajstić information content (AvgIpc) is 2.65. The Balaban J connectivity index is 1.62. The third-order valence-corrected chi connectivity index (χ3v) is 4.75. The number of nitrogens with zero attached hydrogens (tertiary/aromatic N) is 2. The molecule has 1 aromatic heterocycles. The Bertz CT molecular complexity index is 774. The first-order valence-electron chi connectivity index (χ1n) is 8.68. The van der Waals surface area contributed by atoms with Gasteiger partial charge < -0.3 is 10.2 Å². The van der Waals surface area contributed by atoms with Gasteiger partial charge in [-0.25, -0.2) is 13.8 Å². The lowest BCUT2D eigenvalue weighted by molar-refractivity contribution is 0.0724. The standard InChI is InChI=1S/C19H20ClF2N3O/c20-15-11-13(19(26)25-9-2-1-3-10-25)12-24-18(15)23-8-7-14-16(21)5-4-6-17(14)22/h4-6,11-12H,1-3,7-10H2,(H,23,24). The van der Waals surface area contributed by atoms with E-state index in [-0.39, 0.29) is 24.4 Å². The summed E-state index contributed by atoms with van der Waals surface area (Å²) >= 11 is 6.21. The van der Waals surface area contributed by atoms with Gasteiger partial charge in [0.25, 0.3) is 5.91 Å². The van der Waals surface area contributed by atoms with Crippen LogP contribution in [0.3, 0.4) is 0 Å². The van der Waals surface area contributed by atoms with E-state index >= 15 is 0 Å². The Hall–Kier alpha value is -2.21. The number of aromatic nitrogens is 1. The molecule has 0 saturated carbocycles. The molecule has 1 aliphatic rings. The predicted molar refractivity (Wildman–Crippen MR) is 97.6 cm³/mol. The molecule has 2 aromatic rings. The Morgan fingerprint density at radius 2 is 1.88 bits per heavy atom. The third kappa shape index (κ3) is 4.30. The van der Waals surface area contributed by atoms with Gasteiger partial charge in [0.15, 0.2) is 0 Å². The van der Waals surface area contributed by atoms with E-state index in [4.69, 9.17) is 11.6 Å². The van der Waals surface area contributed by atoms with Crippen molar-refractivity contribution in [3.63, 3.8) is 0 Å². The van der Waals surface area contributed by atoms with E-state index in [1.807, 2.05) is 4.90 Å². The Morgan fingerprint density at radius 3 is 2.54 bits per heavy atom. The SMILES string of the molecule is O=C(c1cnc(NCCc2c(F)cccc2F)c(Cl)c1)N1CCCCC1. The van der Waals surface area contributed by atoms with Crippen molar-refractivity contribution in [3.8, 4) is 0 Å². The fourth-order valence-corrected chi connectivity index (χ4v) is 3.27. The minimum absolute atomic E-state index is 0.0213. The number of carbonyl (C=O) groups is 1. The number of halogens is 3. The number of likely N-dealkylation sites (tertiary alicyclic amines) is 1. The van der Waals surface area contributed by atoms with Crippen LogP contribution in [-0.4, -0.2) is 35.4 Å². The number of hydrogen-bond acceptors (Lipinski definition) is 3. The third-order valence-electron chi connectivity index (χ3n) is 4.46. The highest BCUT2D eigenvalue weighted by molar-refractivity contribution is 6.33. The number of amides is 1. The Labute approximate surface area is 156 Å². The quantitative estimate of drug-likeness (QED) is 0.842. The van der Waals surface area contributed by atoms with Gasteiger partial charge in [-0.3, -0.25) is 4.79 Å². The molecule has 7 heteroatoms. The highest BCUT2D eigenvalue weighted by atomic mass is 35.5. The van der Waals surface area contributed by atoms with E-state index < -0.39 is 11.6 Å². The summed E-state index contributed by atoms with van der Waals surface area (Å²) in [6.45, 7) is 1.78. The van der Waals surface area contributed by atoms with Crippen molar-refractivity contribution in [2.45, 2.75) is 25.7 Å². The summed E-state index contributed by atoms with van der Waals surface area (Å²) in [6, 6.07) is 5.37. The van der Waals surface area contributed by atoms with Gasteiger partial charge in [0, 0.05) is 31.4 Å². The highest BCUT2D eigenvalue weighted by Gasteiger charge is 2.19. The van der Waals surface area contributed by atoms with E-state index in [1.165, 1.54) is 24.4 Å².